The van der Waals surface area contributed by atoms with E-state index in [0.29, 0.717) is 12.1 Å². The van der Waals surface area contributed by atoms with Crippen molar-refractivity contribution in [1.82, 2.24) is 15.2 Å². The van der Waals surface area contributed by atoms with E-state index in [9.17, 15) is 0 Å². The summed E-state index contributed by atoms with van der Waals surface area (Å²) in [5, 5.41) is 5.43. The molecule has 3 heterocycles. The summed E-state index contributed by atoms with van der Waals surface area (Å²) in [6.07, 6.45) is 8.97. The van der Waals surface area contributed by atoms with Crippen LogP contribution in [0.25, 0.3) is 10.9 Å². The van der Waals surface area contributed by atoms with E-state index in [1.165, 1.54) is 59.8 Å². The minimum Gasteiger partial charge on any atom is -0.488 e. The minimum absolute atomic E-state index is 0.182. The van der Waals surface area contributed by atoms with Crippen molar-refractivity contribution in [2.45, 2.75) is 82.5 Å². The van der Waals surface area contributed by atoms with E-state index >= 15 is 0 Å². The number of nitrogens with zero attached hydrogens (tertiary/aromatic N) is 1. The number of aromatic nitrogens is 1. The Labute approximate surface area is 197 Å². The fraction of sp³-hybridized carbons (Fsp3) is 0.517. The molecule has 0 bridgehead atoms. The lowest BCUT2D eigenvalue weighted by Crippen LogP contribution is -2.54. The number of H-pyrrole nitrogens is 1. The van der Waals surface area contributed by atoms with E-state index in [1.807, 2.05) is 0 Å². The van der Waals surface area contributed by atoms with E-state index in [4.69, 9.17) is 4.74 Å². The van der Waals surface area contributed by atoms with Crippen LogP contribution in [0.4, 0.5) is 0 Å². The summed E-state index contributed by atoms with van der Waals surface area (Å²) in [5.74, 6) is 1.00. The second kappa shape index (κ2) is 8.48. The molecule has 2 N–H and O–H groups in total. The molecule has 2 atom stereocenters. The maximum Gasteiger partial charge on any atom is 0.124 e. The Balaban J connectivity index is 1.32. The van der Waals surface area contributed by atoms with Gasteiger partial charge in [0.2, 0.25) is 0 Å². The fourth-order valence-corrected chi connectivity index (χ4v) is 6.13. The minimum atomic E-state index is -0.182. The predicted molar refractivity (Wildman–Crippen MR) is 135 cm³/mol. The van der Waals surface area contributed by atoms with E-state index in [2.05, 4.69) is 77.6 Å². The molecule has 2 unspecified atom stereocenters. The zero-order valence-electron chi connectivity index (χ0n) is 20.1. The lowest BCUT2D eigenvalue weighted by Gasteiger charge is -2.42. The Morgan fingerprint density at radius 1 is 1.03 bits per heavy atom. The molecule has 0 spiro atoms. The first-order chi connectivity index (χ1) is 16.2. The van der Waals surface area contributed by atoms with Gasteiger partial charge in [0.15, 0.2) is 0 Å². The molecule has 4 nitrogen and oxygen atoms in total. The van der Waals surface area contributed by atoms with Crippen LogP contribution in [0.2, 0.25) is 0 Å². The van der Waals surface area contributed by atoms with Crippen molar-refractivity contribution >= 4 is 10.9 Å². The van der Waals surface area contributed by atoms with Gasteiger partial charge in [0.05, 0.1) is 5.54 Å². The number of benzene rings is 2. The summed E-state index contributed by atoms with van der Waals surface area (Å²) < 4.78 is 6.30. The molecule has 174 valence electrons. The second-order valence-corrected chi connectivity index (χ2v) is 10.6. The van der Waals surface area contributed by atoms with Gasteiger partial charge in [-0.3, -0.25) is 10.2 Å². The molecule has 1 saturated heterocycles. The molecule has 1 aromatic heterocycles. The average molecular weight is 444 g/mol. The lowest BCUT2D eigenvalue weighted by atomic mass is 9.76. The SMILES string of the molecule is CCCCCC1(c2ccc(OC3CN(C4CC4)C3)cc2)NC(C)Cc2c1[nH]c1ccccc21. The van der Waals surface area contributed by atoms with Crippen molar-refractivity contribution < 1.29 is 4.74 Å². The smallest absolute Gasteiger partial charge is 0.124 e. The van der Waals surface area contributed by atoms with Gasteiger partial charge in [-0.1, -0.05) is 56.5 Å². The summed E-state index contributed by atoms with van der Waals surface area (Å²) in [5.41, 5.74) is 5.27. The number of para-hydroxylation sites is 1. The Morgan fingerprint density at radius 2 is 1.82 bits per heavy atom. The third kappa shape index (κ3) is 3.87. The maximum atomic E-state index is 6.30. The van der Waals surface area contributed by atoms with Crippen molar-refractivity contribution in [3.05, 3.63) is 65.4 Å². The van der Waals surface area contributed by atoms with Crippen molar-refractivity contribution in [2.24, 2.45) is 0 Å². The average Bonchev–Trinajstić information content (AvgIpc) is 3.57. The molecule has 1 aliphatic carbocycles. The van der Waals surface area contributed by atoms with E-state index in [0.717, 1.165) is 37.7 Å². The van der Waals surface area contributed by atoms with Gasteiger partial charge in [-0.25, -0.2) is 0 Å². The molecule has 3 aliphatic rings. The number of hydrogen-bond acceptors (Lipinski definition) is 3. The van der Waals surface area contributed by atoms with E-state index in [-0.39, 0.29) is 5.54 Å². The topological polar surface area (TPSA) is 40.3 Å². The number of hydrogen-bond donors (Lipinski definition) is 2. The Bertz CT molecular complexity index is 1110. The number of rotatable bonds is 8. The largest absolute Gasteiger partial charge is 0.488 e. The van der Waals surface area contributed by atoms with Crippen LogP contribution in [-0.4, -0.2) is 41.2 Å². The Morgan fingerprint density at radius 3 is 2.58 bits per heavy atom. The Hall–Kier alpha value is -2.30. The van der Waals surface area contributed by atoms with E-state index < -0.39 is 0 Å². The van der Waals surface area contributed by atoms with Gasteiger partial charge in [-0.2, -0.15) is 0 Å². The highest BCUT2D eigenvalue weighted by molar-refractivity contribution is 5.85. The molecule has 3 aromatic rings. The summed E-state index contributed by atoms with van der Waals surface area (Å²) in [4.78, 5) is 6.40. The number of unbranched alkanes of at least 4 members (excludes halogenated alkanes) is 2. The number of likely N-dealkylation sites (tertiary alicyclic amines) is 1. The normalized spacial score (nSPS) is 25.7. The molecule has 0 amide bonds. The molecule has 33 heavy (non-hydrogen) atoms. The van der Waals surface area contributed by atoms with Crippen molar-refractivity contribution in [2.75, 3.05) is 13.1 Å². The van der Waals surface area contributed by atoms with Crippen LogP contribution in [0.15, 0.2) is 48.5 Å². The molecular weight excluding hydrogens is 406 g/mol. The van der Waals surface area contributed by atoms with Crippen LogP contribution in [-0.2, 0) is 12.0 Å². The number of aromatic amines is 1. The van der Waals surface area contributed by atoms with Crippen LogP contribution in [0.1, 0.15) is 69.2 Å². The van der Waals surface area contributed by atoms with Crippen LogP contribution < -0.4 is 10.1 Å². The maximum absolute atomic E-state index is 6.30. The van der Waals surface area contributed by atoms with Crippen LogP contribution in [0.5, 0.6) is 5.75 Å². The van der Waals surface area contributed by atoms with Gasteiger partial charge in [0.1, 0.15) is 11.9 Å². The Kier molecular flexibility index (Phi) is 5.46. The summed E-state index contributed by atoms with van der Waals surface area (Å²) in [6.45, 7) is 6.80. The zero-order valence-corrected chi connectivity index (χ0v) is 20.1. The fourth-order valence-electron chi connectivity index (χ4n) is 6.13. The van der Waals surface area contributed by atoms with Crippen molar-refractivity contribution in [1.29, 1.82) is 0 Å². The first-order valence-electron chi connectivity index (χ1n) is 13.1. The standard InChI is InChI=1S/C29H37N3O/c1-3-4-7-16-29(28-26(17-20(2)31-29)25-8-5-6-9-27(25)30-28)21-10-14-23(15-11-21)33-24-18-32(19-24)22-12-13-22/h5-6,8-11,14-15,20,22,24,30-31H,3-4,7,12-13,16-19H2,1-2H3. The highest BCUT2D eigenvalue weighted by Gasteiger charge is 2.42. The lowest BCUT2D eigenvalue weighted by molar-refractivity contribution is 0.0143. The van der Waals surface area contributed by atoms with Gasteiger partial charge < -0.3 is 9.72 Å². The zero-order chi connectivity index (χ0) is 22.4. The molecule has 2 fully saturated rings. The van der Waals surface area contributed by atoms with Crippen LogP contribution >= 0.6 is 0 Å². The third-order valence-electron chi connectivity index (χ3n) is 7.99. The van der Waals surface area contributed by atoms with Crippen molar-refractivity contribution in [3.8, 4) is 5.75 Å². The highest BCUT2D eigenvalue weighted by atomic mass is 16.5. The molecular formula is C29H37N3O. The molecule has 1 saturated carbocycles. The first kappa shape index (κ1) is 21.2. The predicted octanol–water partition coefficient (Wildman–Crippen LogP) is 5.75. The third-order valence-corrected chi connectivity index (χ3v) is 7.99. The molecule has 4 heteroatoms. The van der Waals surface area contributed by atoms with Gasteiger partial charge in [-0.05, 0) is 61.9 Å². The van der Waals surface area contributed by atoms with Crippen LogP contribution in [0.3, 0.4) is 0 Å². The van der Waals surface area contributed by atoms with Crippen LogP contribution in [0, 0.1) is 0 Å². The summed E-state index contributed by atoms with van der Waals surface area (Å²) >= 11 is 0. The molecule has 6 rings (SSSR count). The molecule has 2 aromatic carbocycles. The van der Waals surface area contributed by atoms with Gasteiger partial charge >= 0.3 is 0 Å². The first-order valence-corrected chi connectivity index (χ1v) is 13.1. The number of nitrogens with one attached hydrogen (secondary N) is 2. The number of fused-ring (bicyclic) bond motifs is 3. The molecule has 0 radical (unpaired) electrons. The summed E-state index contributed by atoms with van der Waals surface area (Å²) in [6, 6.07) is 19.1. The van der Waals surface area contributed by atoms with E-state index in [1.54, 1.807) is 0 Å². The second-order valence-electron chi connectivity index (χ2n) is 10.6. The molecule has 2 aliphatic heterocycles. The van der Waals surface area contributed by atoms with Crippen molar-refractivity contribution in [3.63, 3.8) is 0 Å². The van der Waals surface area contributed by atoms with Gasteiger partial charge in [0.25, 0.3) is 0 Å². The number of ether oxygens (including phenoxy) is 1. The van der Waals surface area contributed by atoms with Gasteiger partial charge in [0, 0.05) is 41.8 Å². The summed E-state index contributed by atoms with van der Waals surface area (Å²) in [7, 11) is 0. The quantitative estimate of drug-likeness (QED) is 0.436. The monoisotopic (exact) mass is 443 g/mol. The highest BCUT2D eigenvalue weighted by Crippen LogP contribution is 2.43. The van der Waals surface area contributed by atoms with Gasteiger partial charge in [-0.15, -0.1) is 0 Å².